The van der Waals surface area contributed by atoms with Crippen LogP contribution in [-0.4, -0.2) is 37.2 Å². The largest absolute Gasteiger partial charge is 0.462 e. The lowest BCUT2D eigenvalue weighted by Crippen LogP contribution is -2.30. The fraction of sp³-hybridized carbons (Fsp3) is 0.959. The van der Waals surface area contributed by atoms with Crippen LogP contribution in [0.1, 0.15) is 438 Å². The number of rotatable bonds is 70. The van der Waals surface area contributed by atoms with Gasteiger partial charge in [0.2, 0.25) is 0 Å². The van der Waals surface area contributed by atoms with E-state index in [0.29, 0.717) is 19.3 Å². The average molecular weight is 1130 g/mol. The third-order valence-electron chi connectivity index (χ3n) is 17.4. The van der Waals surface area contributed by atoms with E-state index >= 15 is 0 Å². The Kier molecular flexibility index (Phi) is 68.5. The molecule has 0 spiro atoms. The molecule has 0 aromatic carbocycles. The van der Waals surface area contributed by atoms with Crippen molar-refractivity contribution in [3.63, 3.8) is 0 Å². The van der Waals surface area contributed by atoms with Crippen LogP contribution in [0.3, 0.4) is 0 Å². The summed E-state index contributed by atoms with van der Waals surface area (Å²) in [5.41, 5.74) is 0. The Balaban J connectivity index is 4.04. The molecule has 0 aliphatic carbocycles. The second-order valence-corrected chi connectivity index (χ2v) is 25.6. The van der Waals surface area contributed by atoms with Gasteiger partial charge in [-0.25, -0.2) is 0 Å². The van der Waals surface area contributed by atoms with Crippen molar-refractivity contribution in [2.24, 2.45) is 0 Å². The molecule has 0 aromatic heterocycles. The summed E-state index contributed by atoms with van der Waals surface area (Å²) in [5, 5.41) is 0. The zero-order valence-electron chi connectivity index (χ0n) is 54.9. The van der Waals surface area contributed by atoms with Crippen LogP contribution in [0.25, 0.3) is 0 Å². The van der Waals surface area contributed by atoms with Crippen molar-refractivity contribution >= 4 is 17.9 Å². The molecule has 0 radical (unpaired) electrons. The fourth-order valence-corrected chi connectivity index (χ4v) is 11.8. The van der Waals surface area contributed by atoms with Crippen LogP contribution in [0.2, 0.25) is 0 Å². The van der Waals surface area contributed by atoms with Crippen molar-refractivity contribution in [1.82, 2.24) is 0 Å². The maximum atomic E-state index is 12.9. The van der Waals surface area contributed by atoms with Gasteiger partial charge in [-0.3, -0.25) is 14.4 Å². The fourth-order valence-electron chi connectivity index (χ4n) is 11.8. The number of unbranched alkanes of at least 4 members (excludes halogenated alkanes) is 59. The summed E-state index contributed by atoms with van der Waals surface area (Å²) in [6.45, 7) is 6.72. The van der Waals surface area contributed by atoms with Gasteiger partial charge in [-0.2, -0.15) is 0 Å². The molecule has 0 aromatic rings. The van der Waals surface area contributed by atoms with Crippen molar-refractivity contribution in [3.8, 4) is 0 Å². The third-order valence-corrected chi connectivity index (χ3v) is 17.4. The van der Waals surface area contributed by atoms with Gasteiger partial charge in [0.1, 0.15) is 13.2 Å². The summed E-state index contributed by atoms with van der Waals surface area (Å²) in [6, 6.07) is 0. The highest BCUT2D eigenvalue weighted by Crippen LogP contribution is 2.20. The molecule has 6 nitrogen and oxygen atoms in total. The minimum absolute atomic E-state index is 0.0606. The number of hydrogen-bond donors (Lipinski definition) is 0. The maximum Gasteiger partial charge on any atom is 0.306 e. The van der Waals surface area contributed by atoms with Crippen molar-refractivity contribution in [2.75, 3.05) is 13.2 Å². The second kappa shape index (κ2) is 69.9. The molecule has 0 saturated heterocycles. The predicted molar refractivity (Wildman–Crippen MR) is 349 cm³/mol. The van der Waals surface area contributed by atoms with Gasteiger partial charge in [-0.1, -0.05) is 400 Å². The molecule has 0 aliphatic rings. The zero-order valence-corrected chi connectivity index (χ0v) is 54.9. The van der Waals surface area contributed by atoms with Crippen molar-refractivity contribution in [2.45, 2.75) is 444 Å². The Morgan fingerprint density at radius 1 is 0.200 bits per heavy atom. The lowest BCUT2D eigenvalue weighted by molar-refractivity contribution is -0.167. The molecule has 1 atom stereocenters. The monoisotopic (exact) mass is 1130 g/mol. The Morgan fingerprint density at radius 3 is 0.500 bits per heavy atom. The lowest BCUT2D eigenvalue weighted by Gasteiger charge is -2.18. The highest BCUT2D eigenvalue weighted by atomic mass is 16.6. The van der Waals surface area contributed by atoms with Crippen LogP contribution < -0.4 is 0 Å². The Bertz CT molecular complexity index is 1200. The third kappa shape index (κ3) is 67.2. The first-order valence-electron chi connectivity index (χ1n) is 37.0. The maximum absolute atomic E-state index is 12.9. The van der Waals surface area contributed by atoms with E-state index in [1.165, 1.54) is 340 Å². The minimum Gasteiger partial charge on any atom is -0.462 e. The summed E-state index contributed by atoms with van der Waals surface area (Å²) in [6.07, 6.45) is 83.1. The quantitative estimate of drug-likeness (QED) is 0.0343. The molecule has 476 valence electrons. The Hall–Kier alpha value is -1.59. The summed E-state index contributed by atoms with van der Waals surface area (Å²) in [7, 11) is 0. The van der Waals surface area contributed by atoms with Gasteiger partial charge in [0, 0.05) is 19.3 Å². The number of ether oxygens (including phenoxy) is 3. The molecule has 0 rings (SSSR count). The number of carbonyl (C=O) groups is 3. The van der Waals surface area contributed by atoms with Gasteiger partial charge in [0.05, 0.1) is 0 Å². The van der Waals surface area contributed by atoms with Crippen LogP contribution in [0, 0.1) is 0 Å². The summed E-state index contributed by atoms with van der Waals surface area (Å²) >= 11 is 0. The van der Waals surface area contributed by atoms with Crippen LogP contribution in [-0.2, 0) is 28.6 Å². The molecule has 0 heterocycles. The molecule has 0 N–H and O–H groups in total. The molecule has 0 amide bonds. The second-order valence-electron chi connectivity index (χ2n) is 25.6. The molecule has 0 saturated carbocycles. The SMILES string of the molecule is CCCCCCCCCCCCCCCCCCCCCCCCCCCCCC(=O)OCC(COC(=O)CCCCCCCCCCC)OC(=O)CCCCCCCCCCCCCCCCCCCCCCCCCCCC. The predicted octanol–water partition coefficient (Wildman–Crippen LogP) is 25.4. The van der Waals surface area contributed by atoms with E-state index in [0.717, 1.165) is 57.8 Å². The van der Waals surface area contributed by atoms with E-state index in [4.69, 9.17) is 14.2 Å². The Labute approximate surface area is 501 Å². The van der Waals surface area contributed by atoms with Crippen molar-refractivity contribution in [3.05, 3.63) is 0 Å². The first-order chi connectivity index (χ1) is 39.5. The van der Waals surface area contributed by atoms with Crippen LogP contribution in [0.4, 0.5) is 0 Å². The van der Waals surface area contributed by atoms with E-state index in [1.54, 1.807) is 0 Å². The van der Waals surface area contributed by atoms with Crippen LogP contribution in [0.15, 0.2) is 0 Å². The smallest absolute Gasteiger partial charge is 0.306 e. The molecular weight excluding hydrogens is 985 g/mol. The van der Waals surface area contributed by atoms with Gasteiger partial charge in [-0.15, -0.1) is 0 Å². The number of carbonyl (C=O) groups excluding carboxylic acids is 3. The van der Waals surface area contributed by atoms with Crippen molar-refractivity contribution < 1.29 is 28.6 Å². The number of esters is 3. The Morgan fingerprint density at radius 2 is 0.338 bits per heavy atom. The molecule has 0 fully saturated rings. The number of hydrogen-bond acceptors (Lipinski definition) is 6. The normalized spacial score (nSPS) is 11.9. The highest BCUT2D eigenvalue weighted by Gasteiger charge is 2.20. The summed E-state index contributed by atoms with van der Waals surface area (Å²) in [5.74, 6) is -0.825. The molecule has 1 unspecified atom stereocenters. The molecule has 80 heavy (non-hydrogen) atoms. The van der Waals surface area contributed by atoms with Gasteiger partial charge in [0.25, 0.3) is 0 Å². The standard InChI is InChI=1S/C74H144O6/c1-4-7-10-13-16-19-21-23-25-27-29-31-33-35-37-39-40-42-44-46-48-50-52-55-58-61-64-67-73(76)79-70-71(69-78-72(75)66-63-60-57-54-18-15-12-9-6-3)80-74(77)68-65-62-59-56-53-51-49-47-45-43-41-38-36-34-32-30-28-26-24-22-20-17-14-11-8-5-2/h71H,4-70H2,1-3H3. The molecule has 6 heteroatoms. The topological polar surface area (TPSA) is 78.9 Å². The lowest BCUT2D eigenvalue weighted by atomic mass is 10.0. The van der Waals surface area contributed by atoms with E-state index in [-0.39, 0.29) is 31.1 Å². The summed E-state index contributed by atoms with van der Waals surface area (Å²) < 4.78 is 17.0. The van der Waals surface area contributed by atoms with Gasteiger partial charge < -0.3 is 14.2 Å². The zero-order chi connectivity index (χ0) is 57.8. The van der Waals surface area contributed by atoms with Crippen LogP contribution >= 0.6 is 0 Å². The molecular formula is C74H144O6. The molecule has 0 aliphatic heterocycles. The average Bonchev–Trinajstić information content (AvgIpc) is 3.46. The van der Waals surface area contributed by atoms with Gasteiger partial charge >= 0.3 is 17.9 Å². The van der Waals surface area contributed by atoms with Gasteiger partial charge in [0.15, 0.2) is 6.10 Å². The van der Waals surface area contributed by atoms with Crippen molar-refractivity contribution in [1.29, 1.82) is 0 Å². The van der Waals surface area contributed by atoms with E-state index in [1.807, 2.05) is 0 Å². The van der Waals surface area contributed by atoms with E-state index in [9.17, 15) is 14.4 Å². The molecule has 0 bridgehead atoms. The van der Waals surface area contributed by atoms with E-state index < -0.39 is 6.10 Å². The highest BCUT2D eigenvalue weighted by molar-refractivity contribution is 5.71. The summed E-state index contributed by atoms with van der Waals surface area (Å²) in [4.78, 5) is 38.3. The first-order valence-corrected chi connectivity index (χ1v) is 37.0. The minimum atomic E-state index is -0.763. The van der Waals surface area contributed by atoms with Crippen LogP contribution in [0.5, 0.6) is 0 Å². The van der Waals surface area contributed by atoms with E-state index in [2.05, 4.69) is 20.8 Å². The first kappa shape index (κ1) is 78.4. The van der Waals surface area contributed by atoms with Gasteiger partial charge in [-0.05, 0) is 19.3 Å².